The summed E-state index contributed by atoms with van der Waals surface area (Å²) in [4.78, 5) is 12.9. The molecule has 1 aromatic heterocycles. The van der Waals surface area contributed by atoms with E-state index in [0.717, 1.165) is 19.1 Å². The number of nitrogens with one attached hydrogen (secondary N) is 1. The number of rotatable bonds is 7. The third-order valence-corrected chi connectivity index (χ3v) is 6.07. The lowest BCUT2D eigenvalue weighted by Crippen LogP contribution is -2.45. The Morgan fingerprint density at radius 1 is 1.04 bits per heavy atom. The predicted octanol–water partition coefficient (Wildman–Crippen LogP) is 3.70. The van der Waals surface area contributed by atoms with Crippen LogP contribution in [0.5, 0.6) is 0 Å². The van der Waals surface area contributed by atoms with Gasteiger partial charge in [-0.15, -0.1) is 0 Å². The minimum Gasteiger partial charge on any atom is -0.352 e. The second-order valence-electron chi connectivity index (χ2n) is 6.52. The van der Waals surface area contributed by atoms with E-state index < -0.39 is 19.2 Å². The number of aromatic nitrogens is 3. The Morgan fingerprint density at radius 3 is 2.07 bits per heavy atom. The first-order chi connectivity index (χ1) is 12.9. The molecule has 1 heterocycles. The first kappa shape index (κ1) is 23.1. The lowest BCUT2D eigenvalue weighted by Gasteiger charge is -2.27. The van der Waals surface area contributed by atoms with E-state index in [1.165, 1.54) is 12.1 Å². The fourth-order valence-corrected chi connectivity index (χ4v) is 3.20. The van der Waals surface area contributed by atoms with Crippen LogP contribution in [0.15, 0.2) is 29.2 Å². The summed E-state index contributed by atoms with van der Waals surface area (Å²) < 4.78 is 21.4. The van der Waals surface area contributed by atoms with Crippen LogP contribution in [0.25, 0.3) is 11.4 Å². The highest BCUT2D eigenvalue weighted by atomic mass is 35.6. The van der Waals surface area contributed by atoms with Gasteiger partial charge in [-0.05, 0) is 37.1 Å². The maximum Gasteiger partial charge on any atom is 0.250 e. The van der Waals surface area contributed by atoms with Crippen molar-refractivity contribution < 1.29 is 8.42 Å². The monoisotopic (exact) mass is 465 g/mol. The van der Waals surface area contributed by atoms with E-state index in [1.54, 1.807) is 12.1 Å². The topological polar surface area (TPSA) is 111 Å². The van der Waals surface area contributed by atoms with E-state index >= 15 is 0 Å². The van der Waals surface area contributed by atoms with Gasteiger partial charge < -0.3 is 11.1 Å². The van der Waals surface area contributed by atoms with Crippen molar-refractivity contribution in [2.75, 3.05) is 18.1 Å². The normalized spacial score (nSPS) is 12.8. The van der Waals surface area contributed by atoms with Crippen molar-refractivity contribution in [3.63, 3.8) is 0 Å². The van der Waals surface area contributed by atoms with Gasteiger partial charge >= 0.3 is 0 Å². The number of halogens is 3. The number of hydrogen-bond donors (Lipinski definition) is 2. The predicted molar refractivity (Wildman–Crippen MR) is 114 cm³/mol. The number of hydrogen-bond acceptors (Lipinski definition) is 7. The highest BCUT2D eigenvalue weighted by Crippen LogP contribution is 2.37. The van der Waals surface area contributed by atoms with Crippen molar-refractivity contribution in [3.05, 3.63) is 30.1 Å². The van der Waals surface area contributed by atoms with Gasteiger partial charge in [0.1, 0.15) is 0 Å². The maximum atomic E-state index is 11.6. The molecule has 2 rings (SSSR count). The molecule has 11 heteroatoms. The summed E-state index contributed by atoms with van der Waals surface area (Å²) in [5.41, 5.74) is 6.43. The van der Waals surface area contributed by atoms with Crippen LogP contribution in [0.4, 0.5) is 5.95 Å². The Hall–Kier alpha value is -1.19. The minimum atomic E-state index is -3.31. The fourth-order valence-electron chi connectivity index (χ4n) is 2.32. The molecule has 7 nitrogen and oxygen atoms in total. The van der Waals surface area contributed by atoms with Crippen molar-refractivity contribution >= 4 is 50.6 Å². The lowest BCUT2D eigenvalue weighted by atomic mass is 9.94. The quantitative estimate of drug-likeness (QED) is 0.598. The molecule has 28 heavy (non-hydrogen) atoms. The Labute approximate surface area is 179 Å². The van der Waals surface area contributed by atoms with Crippen molar-refractivity contribution in [1.82, 2.24) is 15.0 Å². The first-order valence-electron chi connectivity index (χ1n) is 8.54. The fraction of sp³-hybridized carbons (Fsp3) is 0.471. The molecule has 0 fully saturated rings. The van der Waals surface area contributed by atoms with E-state index in [0.29, 0.717) is 12.1 Å². The van der Waals surface area contributed by atoms with Crippen molar-refractivity contribution in [3.8, 4) is 11.4 Å². The van der Waals surface area contributed by atoms with E-state index in [4.69, 9.17) is 40.5 Å². The Bertz CT molecular complexity index is 927. The van der Waals surface area contributed by atoms with Crippen molar-refractivity contribution in [2.45, 2.75) is 40.9 Å². The smallest absolute Gasteiger partial charge is 0.250 e. The molecule has 0 amide bonds. The summed E-state index contributed by atoms with van der Waals surface area (Å²) >= 11 is 17.9. The van der Waals surface area contributed by atoms with Crippen LogP contribution >= 0.6 is 34.8 Å². The van der Waals surface area contributed by atoms with Gasteiger partial charge in [0.2, 0.25) is 9.74 Å². The van der Waals surface area contributed by atoms with Crippen LogP contribution in [-0.4, -0.2) is 41.7 Å². The average Bonchev–Trinajstić information content (AvgIpc) is 2.64. The number of anilines is 1. The van der Waals surface area contributed by atoms with Gasteiger partial charge in [0, 0.05) is 23.9 Å². The SMILES string of the molecule is CCC(N)(CC)CNc1nc(-c2ccc(S(C)(=O)=O)cc2)nc(C(Cl)(Cl)Cl)n1. The zero-order valence-electron chi connectivity index (χ0n) is 15.7. The zero-order chi connectivity index (χ0) is 21.2. The van der Waals surface area contributed by atoms with Gasteiger partial charge in [0.15, 0.2) is 21.5 Å². The summed E-state index contributed by atoms with van der Waals surface area (Å²) in [6.07, 6.45) is 2.66. The van der Waals surface area contributed by atoms with Gasteiger partial charge in [-0.1, -0.05) is 48.7 Å². The Balaban J connectivity index is 2.44. The molecule has 0 unspecified atom stereocenters. The Morgan fingerprint density at radius 2 is 1.61 bits per heavy atom. The van der Waals surface area contributed by atoms with Gasteiger partial charge in [0.25, 0.3) is 0 Å². The molecule has 0 aliphatic rings. The van der Waals surface area contributed by atoms with Gasteiger partial charge in [-0.2, -0.15) is 9.97 Å². The van der Waals surface area contributed by atoms with E-state index in [9.17, 15) is 8.42 Å². The molecule has 0 aliphatic heterocycles. The molecule has 0 atom stereocenters. The highest BCUT2D eigenvalue weighted by molar-refractivity contribution is 7.90. The first-order valence-corrected chi connectivity index (χ1v) is 11.6. The second-order valence-corrected chi connectivity index (χ2v) is 10.8. The summed E-state index contributed by atoms with van der Waals surface area (Å²) in [5, 5.41) is 3.09. The highest BCUT2D eigenvalue weighted by Gasteiger charge is 2.29. The van der Waals surface area contributed by atoms with E-state index in [1.807, 2.05) is 13.8 Å². The molecule has 0 aliphatic carbocycles. The standard InChI is InChI=1S/C17H22Cl3N5O2S/c1-4-16(21,5-2)10-22-15-24-13(23-14(25-15)17(18,19)20)11-6-8-12(9-7-11)28(3,26)27/h6-9H,4-5,10,21H2,1-3H3,(H,22,23,24,25). The largest absolute Gasteiger partial charge is 0.352 e. The van der Waals surface area contributed by atoms with Gasteiger partial charge in [0.05, 0.1) is 4.90 Å². The van der Waals surface area contributed by atoms with Crippen LogP contribution < -0.4 is 11.1 Å². The molecule has 0 spiro atoms. The zero-order valence-corrected chi connectivity index (χ0v) is 18.8. The molecule has 2 aromatic rings. The summed E-state index contributed by atoms with van der Waals surface area (Å²) in [6, 6.07) is 6.11. The summed E-state index contributed by atoms with van der Waals surface area (Å²) in [6.45, 7) is 4.43. The molecule has 3 N–H and O–H groups in total. The number of nitrogens with zero attached hydrogens (tertiary/aromatic N) is 3. The molecular weight excluding hydrogens is 445 g/mol. The molecule has 0 saturated carbocycles. The maximum absolute atomic E-state index is 11.6. The van der Waals surface area contributed by atoms with Crippen LogP contribution in [0.1, 0.15) is 32.5 Å². The second kappa shape index (κ2) is 8.67. The summed E-state index contributed by atoms with van der Waals surface area (Å²) in [7, 11) is -3.31. The van der Waals surface area contributed by atoms with Gasteiger partial charge in [-0.3, -0.25) is 0 Å². The third-order valence-electron chi connectivity index (χ3n) is 4.44. The van der Waals surface area contributed by atoms with Crippen LogP contribution in [0.3, 0.4) is 0 Å². The molecular formula is C17H22Cl3N5O2S. The number of sulfone groups is 1. The minimum absolute atomic E-state index is 0.0483. The Kier molecular flexibility index (Phi) is 7.15. The summed E-state index contributed by atoms with van der Waals surface area (Å²) in [5.74, 6) is 0.414. The van der Waals surface area contributed by atoms with E-state index in [2.05, 4.69) is 20.3 Å². The van der Waals surface area contributed by atoms with Gasteiger partial charge in [-0.25, -0.2) is 13.4 Å². The third kappa shape index (κ3) is 5.90. The van der Waals surface area contributed by atoms with Crippen molar-refractivity contribution in [1.29, 1.82) is 0 Å². The molecule has 154 valence electrons. The molecule has 0 bridgehead atoms. The number of benzene rings is 1. The van der Waals surface area contributed by atoms with E-state index in [-0.39, 0.29) is 22.5 Å². The van der Waals surface area contributed by atoms with Crippen LogP contribution in [0, 0.1) is 0 Å². The van der Waals surface area contributed by atoms with Crippen LogP contribution in [0.2, 0.25) is 0 Å². The van der Waals surface area contributed by atoms with Crippen molar-refractivity contribution in [2.24, 2.45) is 5.73 Å². The average molecular weight is 467 g/mol. The molecule has 0 saturated heterocycles. The van der Waals surface area contributed by atoms with Crippen LogP contribution in [-0.2, 0) is 13.6 Å². The number of nitrogens with two attached hydrogens (primary N) is 1. The molecule has 1 aromatic carbocycles. The lowest BCUT2D eigenvalue weighted by molar-refractivity contribution is 0.417. The number of alkyl halides is 3. The molecule has 0 radical (unpaired) electrons.